The monoisotopic (exact) mass is 280 g/mol. The average molecular weight is 280 g/mol. The lowest BCUT2D eigenvalue weighted by atomic mass is 9.82. The summed E-state index contributed by atoms with van der Waals surface area (Å²) in [5, 5.41) is 24.5. The molecule has 0 bridgehead atoms. The van der Waals surface area contributed by atoms with Crippen LogP contribution in [-0.4, -0.2) is 41.3 Å². The summed E-state index contributed by atoms with van der Waals surface area (Å²) in [7, 11) is 0. The molecule has 0 aromatic carbocycles. The summed E-state index contributed by atoms with van der Waals surface area (Å²) in [6.07, 6.45) is 3.55. The summed E-state index contributed by atoms with van der Waals surface area (Å²) in [6.45, 7) is 7.96. The van der Waals surface area contributed by atoms with E-state index in [9.17, 15) is 19.8 Å². The Bertz CT molecular complexity index is 442. The van der Waals surface area contributed by atoms with E-state index in [1.165, 1.54) is 0 Å². The minimum absolute atomic E-state index is 0.166. The Morgan fingerprint density at radius 3 is 2.35 bits per heavy atom. The number of nitrogens with one attached hydrogen (secondary N) is 2. The number of hydrogen-bond acceptors (Lipinski definition) is 4. The maximum atomic E-state index is 11.3. The van der Waals surface area contributed by atoms with Crippen LogP contribution in [0, 0.1) is 5.92 Å². The molecule has 6 nitrogen and oxygen atoms in total. The molecule has 0 fully saturated rings. The lowest BCUT2D eigenvalue weighted by Gasteiger charge is -2.31. The predicted octanol–water partition coefficient (Wildman–Crippen LogP) is 0.740. The second-order valence-corrected chi connectivity index (χ2v) is 4.59. The summed E-state index contributed by atoms with van der Waals surface area (Å²) < 4.78 is 0. The molecule has 0 heterocycles. The third-order valence-electron chi connectivity index (χ3n) is 3.26. The van der Waals surface area contributed by atoms with Crippen LogP contribution in [0.25, 0.3) is 0 Å². The van der Waals surface area contributed by atoms with Crippen molar-refractivity contribution in [2.75, 3.05) is 13.1 Å². The number of rotatable bonds is 8. The van der Waals surface area contributed by atoms with E-state index in [1.54, 1.807) is 12.2 Å². The van der Waals surface area contributed by atoms with Crippen molar-refractivity contribution in [3.05, 3.63) is 36.6 Å². The molecule has 4 N–H and O–H groups in total. The van der Waals surface area contributed by atoms with Crippen molar-refractivity contribution >= 4 is 11.9 Å². The van der Waals surface area contributed by atoms with Crippen LogP contribution in [0.15, 0.2) is 36.6 Å². The molecular formula is C14H20N2O4. The van der Waals surface area contributed by atoms with E-state index in [0.717, 1.165) is 0 Å². The van der Waals surface area contributed by atoms with Gasteiger partial charge in [-0.05, 0) is 6.42 Å². The zero-order valence-corrected chi connectivity index (χ0v) is 11.3. The predicted molar refractivity (Wildman–Crippen MR) is 75.2 cm³/mol. The maximum absolute atomic E-state index is 11.3. The van der Waals surface area contributed by atoms with Gasteiger partial charge in [-0.15, -0.1) is 13.2 Å². The Morgan fingerprint density at radius 2 is 1.85 bits per heavy atom. The van der Waals surface area contributed by atoms with Gasteiger partial charge in [-0.25, -0.2) is 4.79 Å². The van der Waals surface area contributed by atoms with Gasteiger partial charge in [-0.1, -0.05) is 12.2 Å². The molecule has 2 unspecified atom stereocenters. The number of carbonyl (C=O) groups is 2. The molecular weight excluding hydrogens is 260 g/mol. The molecule has 0 aromatic rings. The Morgan fingerprint density at radius 1 is 1.20 bits per heavy atom. The lowest BCUT2D eigenvalue weighted by Crippen LogP contribution is -2.45. The van der Waals surface area contributed by atoms with Crippen LogP contribution in [0.2, 0.25) is 0 Å². The summed E-state index contributed by atoms with van der Waals surface area (Å²) in [4.78, 5) is 22.6. The maximum Gasteiger partial charge on any atom is 0.333 e. The quantitative estimate of drug-likeness (QED) is 0.489. The number of aliphatic carboxylic acids is 2. The SMILES string of the molecule is C=CCNC1=C(C(=O)O)CC(NCC=C)C(C(=O)O)C1. The number of carboxylic acid groups (broad SMARTS) is 2. The topological polar surface area (TPSA) is 98.7 Å². The van der Waals surface area contributed by atoms with Crippen LogP contribution in [0.4, 0.5) is 0 Å². The van der Waals surface area contributed by atoms with Crippen molar-refractivity contribution in [2.24, 2.45) is 5.92 Å². The van der Waals surface area contributed by atoms with Crippen molar-refractivity contribution in [1.29, 1.82) is 0 Å². The third kappa shape index (κ3) is 3.96. The number of hydrogen-bond donors (Lipinski definition) is 4. The Hall–Kier alpha value is -2.08. The number of allylic oxidation sites excluding steroid dienone is 1. The van der Waals surface area contributed by atoms with Gasteiger partial charge in [0, 0.05) is 31.2 Å². The summed E-state index contributed by atoms with van der Waals surface area (Å²) in [6, 6.07) is -0.411. The van der Waals surface area contributed by atoms with E-state index in [0.29, 0.717) is 18.8 Å². The van der Waals surface area contributed by atoms with Crippen molar-refractivity contribution in [1.82, 2.24) is 10.6 Å². The van der Waals surface area contributed by atoms with Gasteiger partial charge >= 0.3 is 11.9 Å². The molecule has 6 heteroatoms. The van der Waals surface area contributed by atoms with E-state index in [-0.39, 0.29) is 18.4 Å². The van der Waals surface area contributed by atoms with Crippen LogP contribution in [0.5, 0.6) is 0 Å². The van der Waals surface area contributed by atoms with Gasteiger partial charge in [-0.3, -0.25) is 4.79 Å². The highest BCUT2D eigenvalue weighted by molar-refractivity contribution is 5.88. The fraction of sp³-hybridized carbons (Fsp3) is 0.429. The molecule has 0 radical (unpaired) electrons. The molecule has 110 valence electrons. The van der Waals surface area contributed by atoms with Gasteiger partial charge in [0.15, 0.2) is 0 Å². The fourth-order valence-electron chi connectivity index (χ4n) is 2.27. The molecule has 0 amide bonds. The zero-order chi connectivity index (χ0) is 15.1. The van der Waals surface area contributed by atoms with Crippen LogP contribution in [0.1, 0.15) is 12.8 Å². The first-order valence-corrected chi connectivity index (χ1v) is 6.38. The molecule has 0 aliphatic heterocycles. The van der Waals surface area contributed by atoms with E-state index < -0.39 is 23.9 Å². The van der Waals surface area contributed by atoms with Gasteiger partial charge in [0.25, 0.3) is 0 Å². The largest absolute Gasteiger partial charge is 0.481 e. The molecule has 1 aliphatic rings. The van der Waals surface area contributed by atoms with Crippen LogP contribution < -0.4 is 10.6 Å². The van der Waals surface area contributed by atoms with Gasteiger partial charge in [0.2, 0.25) is 0 Å². The minimum atomic E-state index is -1.02. The number of carboxylic acids is 2. The Kier molecular flexibility index (Phi) is 5.99. The summed E-state index contributed by atoms with van der Waals surface area (Å²) >= 11 is 0. The molecule has 0 aromatic heterocycles. The molecule has 0 saturated carbocycles. The Balaban J connectivity index is 2.99. The van der Waals surface area contributed by atoms with Crippen LogP contribution in [0.3, 0.4) is 0 Å². The first kappa shape index (κ1) is 16.0. The van der Waals surface area contributed by atoms with Crippen molar-refractivity contribution in [3.8, 4) is 0 Å². The lowest BCUT2D eigenvalue weighted by molar-refractivity contribution is -0.143. The molecule has 1 rings (SSSR count). The Labute approximate surface area is 117 Å². The highest BCUT2D eigenvalue weighted by Gasteiger charge is 2.36. The summed E-state index contributed by atoms with van der Waals surface area (Å²) in [5.74, 6) is -2.62. The molecule has 0 spiro atoms. The molecule has 1 aliphatic carbocycles. The van der Waals surface area contributed by atoms with Gasteiger partial charge in [0.1, 0.15) is 0 Å². The van der Waals surface area contributed by atoms with Crippen molar-refractivity contribution in [2.45, 2.75) is 18.9 Å². The van der Waals surface area contributed by atoms with Gasteiger partial charge in [-0.2, -0.15) is 0 Å². The van der Waals surface area contributed by atoms with Crippen molar-refractivity contribution < 1.29 is 19.8 Å². The van der Waals surface area contributed by atoms with Crippen LogP contribution in [-0.2, 0) is 9.59 Å². The highest BCUT2D eigenvalue weighted by Crippen LogP contribution is 2.29. The van der Waals surface area contributed by atoms with E-state index in [4.69, 9.17) is 0 Å². The van der Waals surface area contributed by atoms with E-state index in [1.807, 2.05) is 0 Å². The molecule has 0 saturated heterocycles. The first-order valence-electron chi connectivity index (χ1n) is 6.38. The normalized spacial score (nSPS) is 22.2. The van der Waals surface area contributed by atoms with E-state index >= 15 is 0 Å². The first-order chi connectivity index (χ1) is 9.51. The highest BCUT2D eigenvalue weighted by atomic mass is 16.4. The molecule has 20 heavy (non-hydrogen) atoms. The van der Waals surface area contributed by atoms with Gasteiger partial charge in [0.05, 0.1) is 11.5 Å². The van der Waals surface area contributed by atoms with E-state index in [2.05, 4.69) is 23.8 Å². The fourth-order valence-corrected chi connectivity index (χ4v) is 2.27. The molecule has 2 atom stereocenters. The van der Waals surface area contributed by atoms with Crippen LogP contribution >= 0.6 is 0 Å². The smallest absolute Gasteiger partial charge is 0.333 e. The second kappa shape index (κ2) is 7.49. The van der Waals surface area contributed by atoms with Gasteiger partial charge < -0.3 is 20.8 Å². The average Bonchev–Trinajstić information content (AvgIpc) is 2.42. The third-order valence-corrected chi connectivity index (χ3v) is 3.26. The zero-order valence-electron chi connectivity index (χ0n) is 11.3. The standard InChI is InChI=1S/C14H20N2O4/c1-3-5-15-11-7-10(14(19)20)12(16-6-4-2)8-9(11)13(17)18/h3-4,9,11,15-16H,1-2,5-8H2,(H,17,18)(H,19,20). The van der Waals surface area contributed by atoms with Crippen molar-refractivity contribution in [3.63, 3.8) is 0 Å². The minimum Gasteiger partial charge on any atom is -0.481 e. The second-order valence-electron chi connectivity index (χ2n) is 4.59. The summed E-state index contributed by atoms with van der Waals surface area (Å²) in [5.41, 5.74) is 0.701.